The number of fused-ring (bicyclic) bond motifs is 1. The summed E-state index contributed by atoms with van der Waals surface area (Å²) in [4.78, 5) is 27.5. The quantitative estimate of drug-likeness (QED) is 0.709. The molecule has 0 spiro atoms. The molecule has 0 unspecified atom stereocenters. The van der Waals surface area contributed by atoms with Gasteiger partial charge < -0.3 is 14.4 Å². The van der Waals surface area contributed by atoms with Gasteiger partial charge in [0.05, 0.1) is 0 Å². The van der Waals surface area contributed by atoms with E-state index in [1.807, 2.05) is 17.0 Å². The number of nitrogens with zero attached hydrogens (tertiary/aromatic N) is 1. The Hall–Kier alpha value is -2.82. The molecule has 2 aliphatic heterocycles. The minimum absolute atomic E-state index is 0.0211. The fraction of sp³-hybridized carbons (Fsp3) is 0.417. The monoisotopic (exact) mass is 393 g/mol. The number of Topliss-reactive ketones (excluding diaryl/α,β-unsaturated/α-hetero) is 1. The van der Waals surface area contributed by atoms with Crippen molar-refractivity contribution in [2.24, 2.45) is 11.8 Å². The molecule has 152 valence electrons. The number of ether oxygens (including phenoxy) is 2. The van der Waals surface area contributed by atoms with Gasteiger partial charge in [-0.05, 0) is 48.9 Å². The molecular weight excluding hydrogens is 366 g/mol. The number of hydrogen-bond acceptors (Lipinski definition) is 4. The first-order valence-corrected chi connectivity index (χ1v) is 10.3. The van der Waals surface area contributed by atoms with Crippen molar-refractivity contribution >= 4 is 11.7 Å². The molecule has 0 radical (unpaired) electrons. The van der Waals surface area contributed by atoms with Crippen molar-refractivity contribution in [1.29, 1.82) is 0 Å². The first-order chi connectivity index (χ1) is 14.0. The fourth-order valence-corrected chi connectivity index (χ4v) is 4.07. The lowest BCUT2D eigenvalue weighted by Crippen LogP contribution is -2.40. The van der Waals surface area contributed by atoms with E-state index >= 15 is 0 Å². The first-order valence-electron chi connectivity index (χ1n) is 10.3. The summed E-state index contributed by atoms with van der Waals surface area (Å²) in [6, 6.07) is 13.3. The van der Waals surface area contributed by atoms with Crippen molar-refractivity contribution in [3.8, 4) is 11.5 Å². The van der Waals surface area contributed by atoms with Gasteiger partial charge in [0, 0.05) is 30.1 Å². The summed E-state index contributed by atoms with van der Waals surface area (Å²) in [5.41, 5.74) is 2.64. The van der Waals surface area contributed by atoms with Crippen molar-refractivity contribution in [3.63, 3.8) is 0 Å². The van der Waals surface area contributed by atoms with Crippen LogP contribution < -0.4 is 9.47 Å². The molecule has 5 heteroatoms. The molecule has 0 atom stereocenters. The number of benzene rings is 2. The average Bonchev–Trinajstić information content (AvgIpc) is 3.21. The summed E-state index contributed by atoms with van der Waals surface area (Å²) in [5, 5.41) is 0. The highest BCUT2D eigenvalue weighted by atomic mass is 16.7. The van der Waals surface area contributed by atoms with Crippen LogP contribution in [0.3, 0.4) is 0 Å². The van der Waals surface area contributed by atoms with Crippen LogP contribution in [0.5, 0.6) is 11.5 Å². The number of carbonyl (C=O) groups excluding carboxylic acids is 2. The molecule has 2 aliphatic rings. The topological polar surface area (TPSA) is 55.8 Å². The predicted molar refractivity (Wildman–Crippen MR) is 111 cm³/mol. The number of hydrogen-bond donors (Lipinski definition) is 0. The molecule has 1 saturated heterocycles. The Balaban J connectivity index is 1.35. The van der Waals surface area contributed by atoms with Crippen LogP contribution in [-0.4, -0.2) is 36.5 Å². The maximum Gasteiger partial charge on any atom is 0.253 e. The van der Waals surface area contributed by atoms with E-state index in [1.54, 1.807) is 18.2 Å². The van der Waals surface area contributed by atoms with Crippen LogP contribution in [0, 0.1) is 11.8 Å². The number of amides is 1. The van der Waals surface area contributed by atoms with Crippen LogP contribution in [0.25, 0.3) is 0 Å². The maximum atomic E-state index is 12.9. The summed E-state index contributed by atoms with van der Waals surface area (Å²) in [5.74, 6) is 2.03. The Morgan fingerprint density at radius 1 is 0.966 bits per heavy atom. The number of rotatable bonds is 5. The van der Waals surface area contributed by atoms with E-state index in [0.717, 1.165) is 12.0 Å². The van der Waals surface area contributed by atoms with E-state index in [0.29, 0.717) is 48.9 Å². The van der Waals surface area contributed by atoms with Gasteiger partial charge in [-0.25, -0.2) is 0 Å². The lowest BCUT2D eigenvalue weighted by atomic mass is 9.88. The second kappa shape index (κ2) is 8.27. The summed E-state index contributed by atoms with van der Waals surface area (Å²) in [6.07, 6.45) is 2.42. The highest BCUT2D eigenvalue weighted by Gasteiger charge is 2.29. The Labute approximate surface area is 171 Å². The van der Waals surface area contributed by atoms with Crippen LogP contribution in [0.2, 0.25) is 0 Å². The standard InChI is InChI=1S/C24H27NO4/c1-16(2)13-17-3-5-18(6-4-17)23(26)19-9-11-25(12-10-19)24(27)20-7-8-21-22(14-20)29-15-28-21/h3-8,14,16,19H,9-13,15H2,1-2H3. The first kappa shape index (κ1) is 19.5. The van der Waals surface area contributed by atoms with Crippen molar-refractivity contribution in [2.75, 3.05) is 19.9 Å². The van der Waals surface area contributed by atoms with Gasteiger partial charge in [-0.2, -0.15) is 0 Å². The number of carbonyl (C=O) groups is 2. The molecule has 29 heavy (non-hydrogen) atoms. The molecule has 4 rings (SSSR count). The summed E-state index contributed by atoms with van der Waals surface area (Å²) < 4.78 is 10.7. The average molecular weight is 393 g/mol. The Bertz CT molecular complexity index is 896. The molecule has 2 aromatic rings. The van der Waals surface area contributed by atoms with Gasteiger partial charge in [0.15, 0.2) is 17.3 Å². The zero-order valence-electron chi connectivity index (χ0n) is 17.0. The Morgan fingerprint density at radius 2 is 1.62 bits per heavy atom. The predicted octanol–water partition coefficient (Wildman–Crippen LogP) is 4.35. The Kier molecular flexibility index (Phi) is 5.56. The van der Waals surface area contributed by atoms with Gasteiger partial charge in [0.2, 0.25) is 6.79 Å². The SMILES string of the molecule is CC(C)Cc1ccc(C(=O)C2CCN(C(=O)c3ccc4c(c3)OCO4)CC2)cc1. The maximum absolute atomic E-state index is 12.9. The van der Waals surface area contributed by atoms with Crippen molar-refractivity contribution in [3.05, 3.63) is 59.2 Å². The molecule has 0 saturated carbocycles. The lowest BCUT2D eigenvalue weighted by molar-refractivity contribution is 0.0650. The summed E-state index contributed by atoms with van der Waals surface area (Å²) >= 11 is 0. The zero-order valence-corrected chi connectivity index (χ0v) is 17.0. The van der Waals surface area contributed by atoms with E-state index < -0.39 is 0 Å². The molecule has 5 nitrogen and oxygen atoms in total. The van der Waals surface area contributed by atoms with E-state index in [-0.39, 0.29) is 24.4 Å². The van der Waals surface area contributed by atoms with Gasteiger partial charge >= 0.3 is 0 Å². The third-order valence-electron chi connectivity index (χ3n) is 5.65. The molecule has 1 amide bonds. The summed E-state index contributed by atoms with van der Waals surface area (Å²) in [6.45, 7) is 5.76. The van der Waals surface area contributed by atoms with Gasteiger partial charge in [0.25, 0.3) is 5.91 Å². The van der Waals surface area contributed by atoms with E-state index in [2.05, 4.69) is 26.0 Å². The van der Waals surface area contributed by atoms with E-state index in [9.17, 15) is 9.59 Å². The normalized spacial score (nSPS) is 16.3. The largest absolute Gasteiger partial charge is 0.454 e. The third-order valence-corrected chi connectivity index (χ3v) is 5.65. The van der Waals surface area contributed by atoms with Crippen LogP contribution in [0.1, 0.15) is 53.0 Å². The van der Waals surface area contributed by atoms with Gasteiger partial charge in [0.1, 0.15) is 0 Å². The van der Waals surface area contributed by atoms with E-state index in [4.69, 9.17) is 9.47 Å². The highest BCUT2D eigenvalue weighted by molar-refractivity contribution is 5.98. The molecular formula is C24H27NO4. The number of piperidine rings is 1. The third kappa shape index (κ3) is 4.29. The van der Waals surface area contributed by atoms with Crippen LogP contribution in [-0.2, 0) is 6.42 Å². The lowest BCUT2D eigenvalue weighted by Gasteiger charge is -2.31. The number of ketones is 1. The molecule has 2 heterocycles. The fourth-order valence-electron chi connectivity index (χ4n) is 4.07. The number of likely N-dealkylation sites (tertiary alicyclic amines) is 1. The zero-order chi connectivity index (χ0) is 20.4. The molecule has 0 N–H and O–H groups in total. The van der Waals surface area contributed by atoms with Gasteiger partial charge in [-0.3, -0.25) is 9.59 Å². The minimum Gasteiger partial charge on any atom is -0.454 e. The van der Waals surface area contributed by atoms with Gasteiger partial charge in [-0.15, -0.1) is 0 Å². The highest BCUT2D eigenvalue weighted by Crippen LogP contribution is 2.33. The van der Waals surface area contributed by atoms with Crippen LogP contribution in [0.4, 0.5) is 0 Å². The molecule has 0 aliphatic carbocycles. The van der Waals surface area contributed by atoms with Crippen molar-refractivity contribution in [2.45, 2.75) is 33.1 Å². The van der Waals surface area contributed by atoms with Crippen LogP contribution in [0.15, 0.2) is 42.5 Å². The summed E-state index contributed by atoms with van der Waals surface area (Å²) in [7, 11) is 0. The van der Waals surface area contributed by atoms with Crippen molar-refractivity contribution < 1.29 is 19.1 Å². The van der Waals surface area contributed by atoms with Gasteiger partial charge in [-0.1, -0.05) is 38.1 Å². The van der Waals surface area contributed by atoms with E-state index in [1.165, 1.54) is 5.56 Å². The molecule has 1 fully saturated rings. The van der Waals surface area contributed by atoms with Crippen LogP contribution >= 0.6 is 0 Å². The smallest absolute Gasteiger partial charge is 0.253 e. The minimum atomic E-state index is -0.0215. The molecule has 0 aromatic heterocycles. The second-order valence-electron chi connectivity index (χ2n) is 8.29. The molecule has 2 aromatic carbocycles. The van der Waals surface area contributed by atoms with Crippen molar-refractivity contribution in [1.82, 2.24) is 4.90 Å². The second-order valence-corrected chi connectivity index (χ2v) is 8.29. The Morgan fingerprint density at radius 3 is 2.31 bits per heavy atom. The molecule has 0 bridgehead atoms.